The summed E-state index contributed by atoms with van der Waals surface area (Å²) in [5.41, 5.74) is 7.67. The number of rotatable bonds is 6. The van der Waals surface area contributed by atoms with E-state index in [-0.39, 0.29) is 12.0 Å². The van der Waals surface area contributed by atoms with Gasteiger partial charge in [-0.1, -0.05) is 13.0 Å². The first-order valence-electron chi connectivity index (χ1n) is 7.52. The Hall–Kier alpha value is -1.55. The Morgan fingerprint density at radius 1 is 1.30 bits per heavy atom. The molecule has 0 aromatic heterocycles. The van der Waals surface area contributed by atoms with E-state index in [0.717, 1.165) is 37.2 Å². The van der Waals surface area contributed by atoms with E-state index >= 15 is 0 Å². The van der Waals surface area contributed by atoms with Crippen molar-refractivity contribution < 1.29 is 9.53 Å². The van der Waals surface area contributed by atoms with E-state index in [9.17, 15) is 4.79 Å². The van der Waals surface area contributed by atoms with E-state index < -0.39 is 0 Å². The van der Waals surface area contributed by atoms with Crippen molar-refractivity contribution in [3.8, 4) is 5.75 Å². The summed E-state index contributed by atoms with van der Waals surface area (Å²) in [6, 6.07) is 6.16. The van der Waals surface area contributed by atoms with Crippen LogP contribution >= 0.6 is 0 Å². The number of aryl methyl sites for hydroxylation is 1. The summed E-state index contributed by atoms with van der Waals surface area (Å²) in [6.07, 6.45) is 3.46. The first-order chi connectivity index (χ1) is 9.71. The van der Waals surface area contributed by atoms with Crippen molar-refractivity contribution in [1.82, 2.24) is 0 Å². The van der Waals surface area contributed by atoms with Crippen LogP contribution in [0.3, 0.4) is 0 Å². The van der Waals surface area contributed by atoms with Gasteiger partial charge in [-0.25, -0.2) is 0 Å². The quantitative estimate of drug-likeness (QED) is 0.812. The van der Waals surface area contributed by atoms with Gasteiger partial charge in [0.1, 0.15) is 5.75 Å². The van der Waals surface area contributed by atoms with Gasteiger partial charge in [0.05, 0.1) is 5.69 Å². The van der Waals surface area contributed by atoms with E-state index in [1.165, 1.54) is 5.56 Å². The lowest BCUT2D eigenvalue weighted by molar-refractivity contribution is -0.126. The highest BCUT2D eigenvalue weighted by Gasteiger charge is 2.32. The summed E-state index contributed by atoms with van der Waals surface area (Å²) < 4.78 is 5.79. The molecule has 2 rings (SSSR count). The van der Waals surface area contributed by atoms with Crippen LogP contribution in [0.15, 0.2) is 18.2 Å². The third kappa shape index (κ3) is 2.96. The number of hydrogen-bond donors (Lipinski definition) is 1. The predicted octanol–water partition coefficient (Wildman–Crippen LogP) is 2.49. The van der Waals surface area contributed by atoms with E-state index in [1.807, 2.05) is 24.8 Å². The van der Waals surface area contributed by atoms with Crippen LogP contribution in [0, 0.1) is 0 Å². The second-order valence-corrected chi connectivity index (χ2v) is 5.15. The highest BCUT2D eigenvalue weighted by atomic mass is 16.5. The van der Waals surface area contributed by atoms with Crippen LogP contribution in [0.25, 0.3) is 0 Å². The molecule has 1 atom stereocenters. The highest BCUT2D eigenvalue weighted by Crippen LogP contribution is 2.35. The number of nitrogens with zero attached hydrogens (tertiary/aromatic N) is 1. The summed E-state index contributed by atoms with van der Waals surface area (Å²) >= 11 is 0. The molecular formula is C16H24N2O2. The molecule has 0 bridgehead atoms. The maximum absolute atomic E-state index is 12.3. The molecule has 1 amide bonds. The topological polar surface area (TPSA) is 55.6 Å². The molecule has 20 heavy (non-hydrogen) atoms. The number of benzene rings is 1. The lowest BCUT2D eigenvalue weighted by Crippen LogP contribution is -2.45. The molecule has 1 unspecified atom stereocenters. The molecule has 0 radical (unpaired) electrons. The lowest BCUT2D eigenvalue weighted by atomic mass is 10.0. The van der Waals surface area contributed by atoms with Crippen molar-refractivity contribution in [3.63, 3.8) is 0 Å². The number of carbonyl (C=O) groups excluding carboxylic acids is 1. The Bertz CT molecular complexity index is 474. The van der Waals surface area contributed by atoms with E-state index in [4.69, 9.17) is 10.5 Å². The van der Waals surface area contributed by atoms with Crippen molar-refractivity contribution in [3.05, 3.63) is 23.8 Å². The van der Waals surface area contributed by atoms with E-state index in [0.29, 0.717) is 13.0 Å². The van der Waals surface area contributed by atoms with Crippen molar-refractivity contribution in [1.29, 1.82) is 0 Å². The molecule has 0 spiro atoms. The van der Waals surface area contributed by atoms with E-state index in [2.05, 4.69) is 12.1 Å². The standard InChI is InChI=1S/C16H24N2O2/c1-3-14-16(19)18(4-2)13-11-12(7-5-6-10-17)8-9-15(13)20-14/h8-9,11,14H,3-7,10,17H2,1-2H3. The van der Waals surface area contributed by atoms with Gasteiger partial charge in [-0.2, -0.15) is 0 Å². The number of likely N-dealkylation sites (N-methyl/N-ethyl adjacent to an activating group) is 1. The fourth-order valence-electron chi connectivity index (χ4n) is 2.58. The number of unbranched alkanes of at least 4 members (excludes halogenated alkanes) is 1. The van der Waals surface area contributed by atoms with Crippen LogP contribution in [0.4, 0.5) is 5.69 Å². The highest BCUT2D eigenvalue weighted by molar-refractivity contribution is 6.00. The minimum absolute atomic E-state index is 0.0709. The van der Waals surface area contributed by atoms with Crippen LogP contribution in [-0.4, -0.2) is 25.1 Å². The zero-order valence-electron chi connectivity index (χ0n) is 12.4. The number of fused-ring (bicyclic) bond motifs is 1. The molecule has 1 aromatic carbocycles. The number of ether oxygens (including phenoxy) is 1. The minimum atomic E-state index is -0.342. The molecule has 1 aromatic rings. The van der Waals surface area contributed by atoms with Gasteiger partial charge in [-0.05, 0) is 56.8 Å². The van der Waals surface area contributed by atoms with Crippen LogP contribution in [0.5, 0.6) is 5.75 Å². The average Bonchev–Trinajstić information content (AvgIpc) is 2.47. The first kappa shape index (κ1) is 14.9. The van der Waals surface area contributed by atoms with Crippen molar-refractivity contribution >= 4 is 11.6 Å². The van der Waals surface area contributed by atoms with Gasteiger partial charge in [-0.3, -0.25) is 4.79 Å². The zero-order chi connectivity index (χ0) is 14.5. The lowest BCUT2D eigenvalue weighted by Gasteiger charge is -2.33. The molecule has 2 N–H and O–H groups in total. The minimum Gasteiger partial charge on any atom is -0.478 e. The largest absolute Gasteiger partial charge is 0.478 e. The average molecular weight is 276 g/mol. The molecule has 4 nitrogen and oxygen atoms in total. The van der Waals surface area contributed by atoms with Crippen LogP contribution in [-0.2, 0) is 11.2 Å². The van der Waals surface area contributed by atoms with Crippen molar-refractivity contribution in [2.75, 3.05) is 18.0 Å². The Balaban J connectivity index is 2.23. The third-order valence-corrected chi connectivity index (χ3v) is 3.73. The van der Waals surface area contributed by atoms with Gasteiger partial charge in [0.15, 0.2) is 6.10 Å². The molecule has 1 aliphatic heterocycles. The SMILES string of the molecule is CCC1Oc2ccc(CCCCN)cc2N(CC)C1=O. The summed E-state index contributed by atoms with van der Waals surface area (Å²) in [4.78, 5) is 14.1. The summed E-state index contributed by atoms with van der Waals surface area (Å²) in [6.45, 7) is 5.38. The normalized spacial score (nSPS) is 17.9. The molecule has 0 saturated carbocycles. The number of anilines is 1. The smallest absolute Gasteiger partial charge is 0.268 e. The van der Waals surface area contributed by atoms with Gasteiger partial charge in [0, 0.05) is 6.54 Å². The molecule has 0 saturated heterocycles. The van der Waals surface area contributed by atoms with Gasteiger partial charge in [0.25, 0.3) is 5.91 Å². The maximum atomic E-state index is 12.3. The number of hydrogen-bond acceptors (Lipinski definition) is 3. The Labute approximate surface area is 120 Å². The van der Waals surface area contributed by atoms with Crippen molar-refractivity contribution in [2.45, 2.75) is 45.6 Å². The Kier molecular flexibility index (Phi) is 5.01. The molecule has 110 valence electrons. The summed E-state index contributed by atoms with van der Waals surface area (Å²) in [7, 11) is 0. The monoisotopic (exact) mass is 276 g/mol. The van der Waals surface area contributed by atoms with Gasteiger partial charge >= 0.3 is 0 Å². The fourth-order valence-corrected chi connectivity index (χ4v) is 2.58. The predicted molar refractivity (Wildman–Crippen MR) is 81.2 cm³/mol. The molecular weight excluding hydrogens is 252 g/mol. The van der Waals surface area contributed by atoms with Crippen LogP contribution < -0.4 is 15.4 Å². The van der Waals surface area contributed by atoms with Crippen LogP contribution in [0.2, 0.25) is 0 Å². The third-order valence-electron chi connectivity index (χ3n) is 3.73. The van der Waals surface area contributed by atoms with E-state index in [1.54, 1.807) is 0 Å². The second kappa shape index (κ2) is 6.75. The number of amides is 1. The molecule has 4 heteroatoms. The zero-order valence-corrected chi connectivity index (χ0v) is 12.4. The molecule has 1 aliphatic rings. The van der Waals surface area contributed by atoms with Crippen LogP contribution in [0.1, 0.15) is 38.7 Å². The Morgan fingerprint density at radius 2 is 2.10 bits per heavy atom. The first-order valence-corrected chi connectivity index (χ1v) is 7.52. The second-order valence-electron chi connectivity index (χ2n) is 5.15. The van der Waals surface area contributed by atoms with Gasteiger partial charge < -0.3 is 15.4 Å². The Morgan fingerprint density at radius 3 is 2.75 bits per heavy atom. The summed E-state index contributed by atoms with van der Waals surface area (Å²) in [5, 5.41) is 0. The number of carbonyl (C=O) groups is 1. The summed E-state index contributed by atoms with van der Waals surface area (Å²) in [5.74, 6) is 0.891. The van der Waals surface area contributed by atoms with Gasteiger partial charge in [0.2, 0.25) is 0 Å². The maximum Gasteiger partial charge on any atom is 0.268 e. The van der Waals surface area contributed by atoms with Gasteiger partial charge in [-0.15, -0.1) is 0 Å². The van der Waals surface area contributed by atoms with Crippen molar-refractivity contribution in [2.24, 2.45) is 5.73 Å². The molecule has 1 heterocycles. The number of nitrogens with two attached hydrogens (primary N) is 1. The molecule has 0 aliphatic carbocycles. The fraction of sp³-hybridized carbons (Fsp3) is 0.562. The molecule has 0 fully saturated rings.